The first-order valence-corrected chi connectivity index (χ1v) is 23.4. The summed E-state index contributed by atoms with van der Waals surface area (Å²) in [5, 5.41) is 4.58. The molecule has 4 aromatic carbocycles. The van der Waals surface area contributed by atoms with Crippen LogP contribution in [0.3, 0.4) is 0 Å². The number of hydrogen-bond acceptors (Lipinski definition) is 8. The highest BCUT2D eigenvalue weighted by Crippen LogP contribution is 2.42. The predicted octanol–water partition coefficient (Wildman–Crippen LogP) is 9.22. The maximum atomic E-state index is 14.0. The van der Waals surface area contributed by atoms with E-state index in [1.54, 1.807) is 4.68 Å². The summed E-state index contributed by atoms with van der Waals surface area (Å²) in [6.07, 6.45) is -2.27. The fourth-order valence-corrected chi connectivity index (χ4v) is 10.2. The van der Waals surface area contributed by atoms with Gasteiger partial charge < -0.3 is 14.0 Å². The fraction of sp³-hybridized carbons (Fsp3) is 0.318. The minimum atomic E-state index is -4.55. The lowest BCUT2D eigenvalue weighted by Crippen LogP contribution is -2.30. The molecule has 2 aliphatic heterocycles. The van der Waals surface area contributed by atoms with Crippen molar-refractivity contribution in [1.82, 2.24) is 28.8 Å². The third kappa shape index (κ3) is 9.55. The zero-order valence-electron chi connectivity index (χ0n) is 33.8. The molecule has 336 valence electrons. The normalized spacial score (nSPS) is 16.5. The molecule has 0 saturated heterocycles. The van der Waals surface area contributed by atoms with Gasteiger partial charge in [0.05, 0.1) is 39.7 Å². The van der Waals surface area contributed by atoms with Gasteiger partial charge in [0.15, 0.2) is 0 Å². The van der Waals surface area contributed by atoms with Crippen LogP contribution < -0.4 is 18.9 Å². The van der Waals surface area contributed by atoms with Crippen molar-refractivity contribution < 1.29 is 52.7 Å². The van der Waals surface area contributed by atoms with Crippen LogP contribution in [0.4, 0.5) is 26.3 Å². The number of nitrogens with zero attached hydrogens (tertiary/aromatic N) is 4. The molecular formula is C44H40F6N6O6S2. The number of fused-ring (bicyclic) bond motifs is 2. The van der Waals surface area contributed by atoms with Gasteiger partial charge in [-0.05, 0) is 116 Å². The molecule has 9 rings (SSSR count). The summed E-state index contributed by atoms with van der Waals surface area (Å²) >= 11 is 0. The number of ether oxygens (including phenoxy) is 2. The van der Waals surface area contributed by atoms with Crippen LogP contribution in [0, 0.1) is 5.92 Å². The Morgan fingerprint density at radius 3 is 1.92 bits per heavy atom. The molecule has 12 nitrogen and oxygen atoms in total. The fourth-order valence-electron chi connectivity index (χ4n) is 7.91. The Morgan fingerprint density at radius 1 is 0.703 bits per heavy atom. The second kappa shape index (κ2) is 16.7. The zero-order valence-corrected chi connectivity index (χ0v) is 35.4. The molecule has 0 bridgehead atoms. The van der Waals surface area contributed by atoms with Crippen molar-refractivity contribution in [1.29, 1.82) is 0 Å². The third-order valence-corrected chi connectivity index (χ3v) is 14.3. The standard InChI is InChI=1S/C44H40F6N6O6S2/c45-43(46,47)22-27-5-10-31(11-6-27)62-41-18-15-34(21-36(41)38-26-55-19-1-2-42(55)54-38)64(59,60)53-24-30-9-16-39-37(25-51-56(30)39)35-20-33(63(57,58)52-23-28-3-4-28)14-17-40(35)61-32-12-7-29(8-13-32)44(48,49)50/h5-8,10-15,17-18,20-21,25-26,28,30,52-53H,1-4,9,16,19,22-24H2. The minimum absolute atomic E-state index is 0.0417. The maximum absolute atomic E-state index is 14.0. The predicted molar refractivity (Wildman–Crippen MR) is 222 cm³/mol. The molecule has 20 heteroatoms. The Morgan fingerprint density at radius 2 is 1.31 bits per heavy atom. The lowest BCUT2D eigenvalue weighted by molar-refractivity contribution is -0.137. The van der Waals surface area contributed by atoms with E-state index in [0.29, 0.717) is 40.9 Å². The van der Waals surface area contributed by atoms with E-state index in [2.05, 4.69) is 14.5 Å². The van der Waals surface area contributed by atoms with Crippen LogP contribution in [-0.2, 0) is 52.0 Å². The van der Waals surface area contributed by atoms with E-state index in [9.17, 15) is 43.2 Å². The summed E-state index contributed by atoms with van der Waals surface area (Å²) in [6, 6.07) is 17.7. The Balaban J connectivity index is 0.967. The summed E-state index contributed by atoms with van der Waals surface area (Å²) in [5.41, 5.74) is 1.54. The molecule has 1 fully saturated rings. The Bertz CT molecular complexity index is 2910. The molecule has 0 radical (unpaired) electrons. The molecular weight excluding hydrogens is 887 g/mol. The van der Waals surface area contributed by atoms with Gasteiger partial charge in [-0.1, -0.05) is 12.1 Å². The van der Waals surface area contributed by atoms with Crippen molar-refractivity contribution in [3.63, 3.8) is 0 Å². The largest absolute Gasteiger partial charge is 0.457 e. The topological polar surface area (TPSA) is 146 Å². The zero-order chi connectivity index (χ0) is 45.0. The number of sulfonamides is 2. The number of aromatic nitrogens is 4. The minimum Gasteiger partial charge on any atom is -0.457 e. The molecule has 3 aliphatic rings. The van der Waals surface area contributed by atoms with Gasteiger partial charge >= 0.3 is 12.4 Å². The Kier molecular flexibility index (Phi) is 11.4. The molecule has 1 unspecified atom stereocenters. The van der Waals surface area contributed by atoms with Gasteiger partial charge in [-0.2, -0.15) is 31.4 Å². The number of benzene rings is 4. The second-order valence-electron chi connectivity index (χ2n) is 16.1. The van der Waals surface area contributed by atoms with Gasteiger partial charge in [-0.3, -0.25) is 4.68 Å². The van der Waals surface area contributed by atoms with E-state index in [1.807, 2.05) is 10.8 Å². The maximum Gasteiger partial charge on any atom is 0.416 e. The van der Waals surface area contributed by atoms with Gasteiger partial charge in [-0.25, -0.2) is 31.3 Å². The van der Waals surface area contributed by atoms with Gasteiger partial charge in [0.2, 0.25) is 20.0 Å². The van der Waals surface area contributed by atoms with Gasteiger partial charge in [0, 0.05) is 54.6 Å². The molecule has 1 saturated carbocycles. The van der Waals surface area contributed by atoms with Crippen molar-refractivity contribution >= 4 is 20.0 Å². The third-order valence-electron chi connectivity index (χ3n) is 11.4. The van der Waals surface area contributed by atoms with Crippen LogP contribution >= 0.6 is 0 Å². The van der Waals surface area contributed by atoms with Crippen LogP contribution in [0.15, 0.2) is 107 Å². The summed E-state index contributed by atoms with van der Waals surface area (Å²) in [5.74, 6) is 1.86. The van der Waals surface area contributed by atoms with Crippen LogP contribution in [0.25, 0.3) is 22.4 Å². The van der Waals surface area contributed by atoms with E-state index in [-0.39, 0.29) is 57.4 Å². The average Bonchev–Trinajstić information content (AvgIpc) is 3.50. The highest BCUT2D eigenvalue weighted by Gasteiger charge is 2.33. The molecule has 6 aromatic rings. The highest BCUT2D eigenvalue weighted by molar-refractivity contribution is 7.89. The molecule has 0 spiro atoms. The summed E-state index contributed by atoms with van der Waals surface area (Å²) in [6.45, 7) is 0.965. The van der Waals surface area contributed by atoms with Crippen LogP contribution in [0.1, 0.15) is 54.4 Å². The number of alkyl halides is 6. The van der Waals surface area contributed by atoms with Crippen LogP contribution in [0.5, 0.6) is 23.0 Å². The molecule has 2 aromatic heterocycles. The summed E-state index contributed by atoms with van der Waals surface area (Å²) in [7, 11) is -8.11. The number of hydrogen-bond donors (Lipinski definition) is 2. The molecule has 64 heavy (non-hydrogen) atoms. The molecule has 1 aliphatic carbocycles. The quantitative estimate of drug-likeness (QED) is 0.0970. The Hall–Kier alpha value is -5.70. The smallest absolute Gasteiger partial charge is 0.416 e. The van der Waals surface area contributed by atoms with Crippen molar-refractivity contribution in [2.24, 2.45) is 5.92 Å². The number of rotatable bonds is 15. The first kappa shape index (κ1) is 43.5. The Labute approximate surface area is 364 Å². The van der Waals surface area contributed by atoms with Crippen molar-refractivity contribution in [3.8, 4) is 45.4 Å². The van der Waals surface area contributed by atoms with E-state index >= 15 is 0 Å². The molecule has 2 N–H and O–H groups in total. The van der Waals surface area contributed by atoms with Crippen molar-refractivity contribution in [3.05, 3.63) is 120 Å². The van der Waals surface area contributed by atoms with E-state index in [0.717, 1.165) is 50.2 Å². The van der Waals surface area contributed by atoms with Gasteiger partial charge in [0.1, 0.15) is 28.8 Å². The monoisotopic (exact) mass is 926 g/mol. The van der Waals surface area contributed by atoms with Gasteiger partial charge in [0.25, 0.3) is 0 Å². The number of aryl methyl sites for hydroxylation is 2. The molecule has 4 heterocycles. The number of halogens is 6. The lowest BCUT2D eigenvalue weighted by atomic mass is 10.0. The van der Waals surface area contributed by atoms with E-state index < -0.39 is 50.4 Å². The van der Waals surface area contributed by atoms with Crippen molar-refractivity contribution in [2.45, 2.75) is 79.7 Å². The lowest BCUT2D eigenvalue weighted by Gasteiger charge is -2.16. The van der Waals surface area contributed by atoms with Gasteiger partial charge in [-0.15, -0.1) is 0 Å². The molecule has 0 amide bonds. The highest BCUT2D eigenvalue weighted by atomic mass is 32.2. The van der Waals surface area contributed by atoms with E-state index in [1.165, 1.54) is 79.0 Å². The summed E-state index contributed by atoms with van der Waals surface area (Å²) < 4.78 is 154. The van der Waals surface area contributed by atoms with E-state index in [4.69, 9.17) is 14.5 Å². The number of nitrogens with one attached hydrogen (secondary N) is 2. The summed E-state index contributed by atoms with van der Waals surface area (Å²) in [4.78, 5) is 4.60. The SMILES string of the molecule is O=S(=O)(NCC1CC1)c1ccc(Oc2ccc(C(F)(F)F)cc2)c(-c2cnn3c2CCC3CNS(=O)(=O)c2ccc(Oc3ccc(CC(F)(F)F)cc3)c(-c3cn4c(n3)CCC4)c2)c1. The second-order valence-corrected chi connectivity index (χ2v) is 19.6. The first-order valence-electron chi connectivity index (χ1n) is 20.5. The van der Waals surface area contributed by atoms with Crippen LogP contribution in [0.2, 0.25) is 0 Å². The van der Waals surface area contributed by atoms with Crippen molar-refractivity contribution in [2.75, 3.05) is 13.1 Å². The first-order chi connectivity index (χ1) is 30.4. The number of imidazole rings is 1. The average molecular weight is 927 g/mol. The molecule has 1 atom stereocenters. The van der Waals surface area contributed by atoms with Crippen LogP contribution in [-0.4, -0.2) is 55.4 Å².